The van der Waals surface area contributed by atoms with Crippen molar-refractivity contribution in [3.05, 3.63) is 66.4 Å². The second kappa shape index (κ2) is 5.65. The van der Waals surface area contributed by atoms with Crippen molar-refractivity contribution in [2.75, 3.05) is 5.73 Å². The molecule has 1 aromatic heterocycles. The Morgan fingerprint density at radius 1 is 0.773 bits per heavy atom. The maximum absolute atomic E-state index is 11.5. The molecule has 0 bridgehead atoms. The standard InChI is InChI=1S/C17H14N4O/c18-16-15(17(19)22)20-13(11-7-3-1-4-8-11)14(21-16)12-9-5-2-6-10-12/h1-10H,(H2,18,21)(H2,19,22). The van der Waals surface area contributed by atoms with E-state index in [1.54, 1.807) is 0 Å². The van der Waals surface area contributed by atoms with E-state index in [-0.39, 0.29) is 11.5 Å². The summed E-state index contributed by atoms with van der Waals surface area (Å²) in [7, 11) is 0. The van der Waals surface area contributed by atoms with E-state index in [0.29, 0.717) is 11.4 Å². The summed E-state index contributed by atoms with van der Waals surface area (Å²) in [6.07, 6.45) is 0. The van der Waals surface area contributed by atoms with Crippen LogP contribution in [0.5, 0.6) is 0 Å². The highest BCUT2D eigenvalue weighted by atomic mass is 16.1. The van der Waals surface area contributed by atoms with Gasteiger partial charge in [0.2, 0.25) is 0 Å². The molecule has 4 N–H and O–H groups in total. The third-order valence-electron chi connectivity index (χ3n) is 3.25. The van der Waals surface area contributed by atoms with Crippen LogP contribution >= 0.6 is 0 Å². The number of nitrogen functional groups attached to an aromatic ring is 1. The van der Waals surface area contributed by atoms with E-state index in [2.05, 4.69) is 9.97 Å². The first kappa shape index (κ1) is 13.8. The van der Waals surface area contributed by atoms with E-state index >= 15 is 0 Å². The van der Waals surface area contributed by atoms with Gasteiger partial charge in [0, 0.05) is 11.1 Å². The van der Waals surface area contributed by atoms with E-state index < -0.39 is 5.91 Å². The smallest absolute Gasteiger partial charge is 0.271 e. The summed E-state index contributed by atoms with van der Waals surface area (Å²) in [5.41, 5.74) is 14.1. The van der Waals surface area contributed by atoms with Gasteiger partial charge in [0.15, 0.2) is 11.5 Å². The molecule has 0 saturated carbocycles. The van der Waals surface area contributed by atoms with E-state index in [9.17, 15) is 4.79 Å². The summed E-state index contributed by atoms with van der Waals surface area (Å²) in [4.78, 5) is 20.2. The first-order valence-corrected chi connectivity index (χ1v) is 6.75. The Hall–Kier alpha value is -3.21. The van der Waals surface area contributed by atoms with E-state index in [1.807, 2.05) is 60.7 Å². The van der Waals surface area contributed by atoms with Crippen LogP contribution in [-0.2, 0) is 0 Å². The summed E-state index contributed by atoms with van der Waals surface area (Å²) >= 11 is 0. The third-order valence-corrected chi connectivity index (χ3v) is 3.25. The average molecular weight is 290 g/mol. The fraction of sp³-hybridized carbons (Fsp3) is 0. The van der Waals surface area contributed by atoms with Gasteiger partial charge in [-0.3, -0.25) is 4.79 Å². The number of primary amides is 1. The minimum absolute atomic E-state index is 0.0152. The van der Waals surface area contributed by atoms with Crippen LogP contribution in [0.15, 0.2) is 60.7 Å². The summed E-state index contributed by atoms with van der Waals surface area (Å²) < 4.78 is 0. The molecule has 0 unspecified atom stereocenters. The largest absolute Gasteiger partial charge is 0.382 e. The second-order valence-electron chi connectivity index (χ2n) is 4.75. The SMILES string of the molecule is NC(=O)c1nc(-c2ccccc2)c(-c2ccccc2)nc1N. The lowest BCUT2D eigenvalue weighted by atomic mass is 10.0. The zero-order valence-corrected chi connectivity index (χ0v) is 11.7. The number of carbonyl (C=O) groups excluding carboxylic acids is 1. The number of carbonyl (C=O) groups is 1. The van der Waals surface area contributed by atoms with Crippen LogP contribution in [0.2, 0.25) is 0 Å². The zero-order chi connectivity index (χ0) is 15.5. The molecule has 0 aliphatic rings. The van der Waals surface area contributed by atoms with Gasteiger partial charge in [-0.25, -0.2) is 9.97 Å². The van der Waals surface area contributed by atoms with Gasteiger partial charge in [-0.2, -0.15) is 0 Å². The number of benzene rings is 2. The minimum Gasteiger partial charge on any atom is -0.382 e. The molecule has 3 rings (SSSR count). The highest BCUT2D eigenvalue weighted by molar-refractivity contribution is 5.96. The Morgan fingerprint density at radius 2 is 1.23 bits per heavy atom. The molecule has 5 nitrogen and oxygen atoms in total. The van der Waals surface area contributed by atoms with E-state index in [1.165, 1.54) is 0 Å². The molecule has 0 fully saturated rings. The molecule has 1 amide bonds. The molecule has 2 aromatic carbocycles. The van der Waals surface area contributed by atoms with Crippen LogP contribution < -0.4 is 11.5 Å². The molecule has 1 heterocycles. The van der Waals surface area contributed by atoms with Gasteiger partial charge in [-0.15, -0.1) is 0 Å². The number of hydrogen-bond donors (Lipinski definition) is 2. The number of amides is 1. The van der Waals surface area contributed by atoms with Gasteiger partial charge < -0.3 is 11.5 Å². The fourth-order valence-electron chi connectivity index (χ4n) is 2.22. The van der Waals surface area contributed by atoms with Gasteiger partial charge in [-0.1, -0.05) is 60.7 Å². The maximum Gasteiger partial charge on any atom is 0.271 e. The highest BCUT2D eigenvalue weighted by Crippen LogP contribution is 2.30. The van der Waals surface area contributed by atoms with E-state index in [4.69, 9.17) is 11.5 Å². The van der Waals surface area contributed by atoms with Crippen LogP contribution in [0, 0.1) is 0 Å². The molecule has 0 atom stereocenters. The lowest BCUT2D eigenvalue weighted by Crippen LogP contribution is -2.17. The van der Waals surface area contributed by atoms with Gasteiger partial charge in [0.1, 0.15) is 0 Å². The van der Waals surface area contributed by atoms with Gasteiger partial charge in [0.25, 0.3) is 5.91 Å². The van der Waals surface area contributed by atoms with Gasteiger partial charge >= 0.3 is 0 Å². The number of hydrogen-bond acceptors (Lipinski definition) is 4. The molecule has 0 saturated heterocycles. The second-order valence-corrected chi connectivity index (χ2v) is 4.75. The maximum atomic E-state index is 11.5. The van der Waals surface area contributed by atoms with Gasteiger partial charge in [0.05, 0.1) is 11.4 Å². The quantitative estimate of drug-likeness (QED) is 0.774. The number of rotatable bonds is 3. The molecule has 0 aliphatic heterocycles. The van der Waals surface area contributed by atoms with Crippen molar-refractivity contribution < 1.29 is 4.79 Å². The van der Waals surface area contributed by atoms with Crippen LogP contribution in [0.25, 0.3) is 22.5 Å². The number of aromatic nitrogens is 2. The number of nitrogens with two attached hydrogens (primary N) is 2. The van der Waals surface area contributed by atoms with Crippen molar-refractivity contribution in [1.82, 2.24) is 9.97 Å². The molecule has 0 aliphatic carbocycles. The summed E-state index contributed by atoms with van der Waals surface area (Å²) in [6.45, 7) is 0. The molecular weight excluding hydrogens is 276 g/mol. The molecule has 0 spiro atoms. The van der Waals surface area contributed by atoms with Crippen molar-refractivity contribution in [2.24, 2.45) is 5.73 Å². The van der Waals surface area contributed by atoms with E-state index in [0.717, 1.165) is 11.1 Å². The van der Waals surface area contributed by atoms with Gasteiger partial charge in [-0.05, 0) is 0 Å². The summed E-state index contributed by atoms with van der Waals surface area (Å²) in [5.74, 6) is -0.659. The predicted molar refractivity (Wildman–Crippen MR) is 85.8 cm³/mol. The Balaban J connectivity index is 2.29. The number of nitrogens with zero attached hydrogens (tertiary/aromatic N) is 2. The number of anilines is 1. The normalized spacial score (nSPS) is 10.4. The lowest BCUT2D eigenvalue weighted by molar-refractivity contribution is 0.0996. The molecule has 22 heavy (non-hydrogen) atoms. The van der Waals surface area contributed by atoms with Crippen molar-refractivity contribution in [1.29, 1.82) is 0 Å². The lowest BCUT2D eigenvalue weighted by Gasteiger charge is -2.11. The van der Waals surface area contributed by atoms with Crippen LogP contribution in [0.3, 0.4) is 0 Å². The molecule has 3 aromatic rings. The van der Waals surface area contributed by atoms with Crippen molar-refractivity contribution >= 4 is 11.7 Å². The first-order chi connectivity index (χ1) is 10.7. The fourth-order valence-corrected chi connectivity index (χ4v) is 2.22. The highest BCUT2D eigenvalue weighted by Gasteiger charge is 2.17. The topological polar surface area (TPSA) is 94.9 Å². The Morgan fingerprint density at radius 3 is 1.68 bits per heavy atom. The van der Waals surface area contributed by atoms with Crippen LogP contribution in [0.1, 0.15) is 10.5 Å². The zero-order valence-electron chi connectivity index (χ0n) is 11.7. The monoisotopic (exact) mass is 290 g/mol. The van der Waals surface area contributed by atoms with Crippen molar-refractivity contribution in [3.63, 3.8) is 0 Å². The Bertz CT molecular complexity index is 817. The van der Waals surface area contributed by atoms with Crippen LogP contribution in [-0.4, -0.2) is 15.9 Å². The Kier molecular flexibility index (Phi) is 3.53. The first-order valence-electron chi connectivity index (χ1n) is 6.75. The van der Waals surface area contributed by atoms with Crippen LogP contribution in [0.4, 0.5) is 5.82 Å². The average Bonchev–Trinajstić information content (AvgIpc) is 2.56. The third kappa shape index (κ3) is 2.52. The molecule has 5 heteroatoms. The summed E-state index contributed by atoms with van der Waals surface area (Å²) in [5, 5.41) is 0. The predicted octanol–water partition coefficient (Wildman–Crippen LogP) is 2.49. The molecular formula is C17H14N4O. The molecule has 108 valence electrons. The molecule has 0 radical (unpaired) electrons. The summed E-state index contributed by atoms with van der Waals surface area (Å²) in [6, 6.07) is 19.1. The Labute approximate surface area is 127 Å². The van der Waals surface area contributed by atoms with Crippen molar-refractivity contribution in [3.8, 4) is 22.5 Å². The minimum atomic E-state index is -0.693. The van der Waals surface area contributed by atoms with Crippen molar-refractivity contribution in [2.45, 2.75) is 0 Å².